The molecule has 0 aliphatic carbocycles. The molecule has 0 radical (unpaired) electrons. The van der Waals surface area contributed by atoms with E-state index >= 15 is 0 Å². The normalized spacial score (nSPS) is 10.9. The van der Waals surface area contributed by atoms with Crippen molar-refractivity contribution < 1.29 is 24.3 Å². The number of ketones is 1. The van der Waals surface area contributed by atoms with Gasteiger partial charge in [0.2, 0.25) is 11.8 Å². The predicted molar refractivity (Wildman–Crippen MR) is 132 cm³/mol. The number of nitrogens with one attached hydrogen (secondary N) is 3. The minimum Gasteiger partial charge on any atom is -0.388 e. The molecule has 0 fully saturated rings. The fourth-order valence-corrected chi connectivity index (χ4v) is 3.01. The van der Waals surface area contributed by atoms with Crippen LogP contribution in [-0.2, 0) is 14.4 Å². The molecule has 0 unspecified atom stereocenters. The molecule has 2 aromatic carbocycles. The SMILES string of the molecule is CC(=O)NCCCCC(=O)Nc1ccc(C#Cc2ccc(C(=O)N[C@@H](CN)C(=O)CO)cc2)cc1. The van der Waals surface area contributed by atoms with Crippen molar-refractivity contribution in [3.8, 4) is 11.8 Å². The largest absolute Gasteiger partial charge is 0.388 e. The van der Waals surface area contributed by atoms with E-state index in [0.29, 0.717) is 36.2 Å². The zero-order valence-corrected chi connectivity index (χ0v) is 19.6. The Kier molecular flexibility index (Phi) is 11.1. The summed E-state index contributed by atoms with van der Waals surface area (Å²) in [6.07, 6.45) is 1.80. The molecule has 9 heteroatoms. The predicted octanol–water partition coefficient (Wildman–Crippen LogP) is 0.950. The van der Waals surface area contributed by atoms with Gasteiger partial charge in [-0.2, -0.15) is 0 Å². The van der Waals surface area contributed by atoms with Gasteiger partial charge in [-0.1, -0.05) is 11.8 Å². The van der Waals surface area contributed by atoms with Crippen LogP contribution < -0.4 is 21.7 Å². The van der Waals surface area contributed by atoms with Gasteiger partial charge in [-0.25, -0.2) is 0 Å². The minimum atomic E-state index is -0.935. The summed E-state index contributed by atoms with van der Waals surface area (Å²) in [5.41, 5.74) is 7.94. The summed E-state index contributed by atoms with van der Waals surface area (Å²) >= 11 is 0. The van der Waals surface area contributed by atoms with E-state index < -0.39 is 24.3 Å². The highest BCUT2D eigenvalue weighted by Crippen LogP contribution is 2.11. The third-order valence-corrected chi connectivity index (χ3v) is 4.96. The number of benzene rings is 2. The van der Waals surface area contributed by atoms with Crippen LogP contribution in [0, 0.1) is 11.8 Å². The van der Waals surface area contributed by atoms with Gasteiger partial charge >= 0.3 is 0 Å². The molecule has 2 rings (SSSR count). The van der Waals surface area contributed by atoms with Crippen LogP contribution in [0.4, 0.5) is 5.69 Å². The molecule has 9 nitrogen and oxygen atoms in total. The van der Waals surface area contributed by atoms with Gasteiger partial charge in [0, 0.05) is 48.8 Å². The number of anilines is 1. The lowest BCUT2D eigenvalue weighted by atomic mass is 10.1. The summed E-state index contributed by atoms with van der Waals surface area (Å²) < 4.78 is 0. The van der Waals surface area contributed by atoms with E-state index in [2.05, 4.69) is 27.8 Å². The fourth-order valence-electron chi connectivity index (χ4n) is 3.01. The number of aliphatic hydroxyl groups is 1. The van der Waals surface area contributed by atoms with Crippen molar-refractivity contribution in [2.24, 2.45) is 5.73 Å². The molecule has 0 spiro atoms. The van der Waals surface area contributed by atoms with Crippen molar-refractivity contribution in [1.29, 1.82) is 0 Å². The molecular weight excluding hydrogens is 448 g/mol. The van der Waals surface area contributed by atoms with Crippen LogP contribution in [0.2, 0.25) is 0 Å². The maximum absolute atomic E-state index is 12.3. The molecule has 2 aromatic rings. The first-order valence-electron chi connectivity index (χ1n) is 11.2. The lowest BCUT2D eigenvalue weighted by Crippen LogP contribution is -2.46. The van der Waals surface area contributed by atoms with Gasteiger partial charge in [0.05, 0.1) is 0 Å². The van der Waals surface area contributed by atoms with Crippen molar-refractivity contribution in [2.75, 3.05) is 25.0 Å². The Balaban J connectivity index is 1.86. The zero-order valence-electron chi connectivity index (χ0n) is 19.6. The Morgan fingerprint density at radius 1 is 0.943 bits per heavy atom. The topological polar surface area (TPSA) is 151 Å². The van der Waals surface area contributed by atoms with E-state index in [-0.39, 0.29) is 18.4 Å². The van der Waals surface area contributed by atoms with Crippen LogP contribution >= 0.6 is 0 Å². The molecule has 0 bridgehead atoms. The van der Waals surface area contributed by atoms with Gasteiger partial charge in [-0.3, -0.25) is 19.2 Å². The Morgan fingerprint density at radius 2 is 1.54 bits per heavy atom. The maximum atomic E-state index is 12.3. The highest BCUT2D eigenvalue weighted by Gasteiger charge is 2.18. The van der Waals surface area contributed by atoms with E-state index in [1.807, 2.05) is 0 Å². The van der Waals surface area contributed by atoms with Crippen LogP contribution in [0.15, 0.2) is 48.5 Å². The first-order valence-corrected chi connectivity index (χ1v) is 11.2. The molecule has 0 aliphatic rings. The van der Waals surface area contributed by atoms with Crippen LogP contribution in [0.5, 0.6) is 0 Å². The quantitative estimate of drug-likeness (QED) is 0.240. The fraction of sp³-hybridized carbons (Fsp3) is 0.308. The van der Waals surface area contributed by atoms with Crippen LogP contribution in [0.3, 0.4) is 0 Å². The first kappa shape index (κ1) is 27.2. The van der Waals surface area contributed by atoms with Crippen LogP contribution in [0.1, 0.15) is 47.7 Å². The molecule has 35 heavy (non-hydrogen) atoms. The van der Waals surface area contributed by atoms with Crippen molar-refractivity contribution in [3.05, 3.63) is 65.2 Å². The highest BCUT2D eigenvalue weighted by atomic mass is 16.3. The van der Waals surface area contributed by atoms with Gasteiger partial charge < -0.3 is 26.8 Å². The van der Waals surface area contributed by atoms with Gasteiger partial charge in [-0.05, 0) is 61.4 Å². The third kappa shape index (κ3) is 9.80. The van der Waals surface area contributed by atoms with Gasteiger partial charge in [0.25, 0.3) is 5.91 Å². The summed E-state index contributed by atoms with van der Waals surface area (Å²) in [4.78, 5) is 46.6. The van der Waals surface area contributed by atoms with E-state index in [1.54, 1.807) is 48.5 Å². The molecule has 6 N–H and O–H groups in total. The molecule has 0 aromatic heterocycles. The van der Waals surface area contributed by atoms with E-state index in [0.717, 1.165) is 12.0 Å². The molecule has 1 atom stereocenters. The van der Waals surface area contributed by atoms with Gasteiger partial charge in [-0.15, -0.1) is 0 Å². The summed E-state index contributed by atoms with van der Waals surface area (Å²) in [6.45, 7) is 1.23. The Labute approximate surface area is 204 Å². The number of amides is 3. The maximum Gasteiger partial charge on any atom is 0.251 e. The summed E-state index contributed by atoms with van der Waals surface area (Å²) in [7, 11) is 0. The number of rotatable bonds is 11. The summed E-state index contributed by atoms with van der Waals surface area (Å²) in [5.74, 6) is 4.85. The summed E-state index contributed by atoms with van der Waals surface area (Å²) in [6, 6.07) is 12.8. The van der Waals surface area contributed by atoms with E-state index in [4.69, 9.17) is 10.8 Å². The second-order valence-corrected chi connectivity index (χ2v) is 7.78. The van der Waals surface area contributed by atoms with Gasteiger partial charge in [0.1, 0.15) is 12.6 Å². The smallest absolute Gasteiger partial charge is 0.251 e. The monoisotopic (exact) mass is 478 g/mol. The number of nitrogens with two attached hydrogens (primary N) is 1. The van der Waals surface area contributed by atoms with E-state index in [9.17, 15) is 19.2 Å². The van der Waals surface area contributed by atoms with Crippen molar-refractivity contribution in [3.63, 3.8) is 0 Å². The average molecular weight is 479 g/mol. The molecule has 0 aliphatic heterocycles. The second-order valence-electron chi connectivity index (χ2n) is 7.78. The standard InChI is InChI=1S/C26H30N4O5/c1-18(32)28-15-3-2-4-25(34)29-22-13-9-20(10-14-22)6-5-19-7-11-21(12-8-19)26(35)30-23(16-27)24(33)17-31/h7-14,23,31H,2-4,15-17,27H2,1H3,(H,28,32)(H,29,34)(H,30,35)/t23-/m0/s1. The molecular formula is C26H30N4O5. The molecule has 0 saturated carbocycles. The van der Waals surface area contributed by atoms with Crippen molar-refractivity contribution in [1.82, 2.24) is 10.6 Å². The zero-order chi connectivity index (χ0) is 25.6. The summed E-state index contributed by atoms with van der Waals surface area (Å²) in [5, 5.41) is 16.9. The van der Waals surface area contributed by atoms with Crippen LogP contribution in [0.25, 0.3) is 0 Å². The lowest BCUT2D eigenvalue weighted by molar-refractivity contribution is -0.123. The number of Topliss-reactive ketones (excluding diaryl/α,β-unsaturated/α-hetero) is 1. The minimum absolute atomic E-state index is 0.0767. The Bertz CT molecular complexity index is 1090. The number of carbonyl (C=O) groups is 4. The third-order valence-electron chi connectivity index (χ3n) is 4.96. The van der Waals surface area contributed by atoms with E-state index in [1.165, 1.54) is 6.92 Å². The second kappa shape index (κ2) is 14.3. The number of unbranched alkanes of at least 4 members (excludes halogenated alkanes) is 1. The Morgan fingerprint density at radius 3 is 2.09 bits per heavy atom. The molecule has 0 saturated heterocycles. The average Bonchev–Trinajstić information content (AvgIpc) is 2.86. The molecule has 184 valence electrons. The number of carbonyl (C=O) groups excluding carboxylic acids is 4. The number of hydrogen-bond acceptors (Lipinski definition) is 6. The number of hydrogen-bond donors (Lipinski definition) is 5. The molecule has 0 heterocycles. The molecule has 3 amide bonds. The van der Waals surface area contributed by atoms with Crippen molar-refractivity contribution in [2.45, 2.75) is 32.2 Å². The van der Waals surface area contributed by atoms with Gasteiger partial charge in [0.15, 0.2) is 5.78 Å². The highest BCUT2D eigenvalue weighted by molar-refractivity contribution is 5.98. The van der Waals surface area contributed by atoms with Crippen molar-refractivity contribution >= 4 is 29.2 Å². The Hall–Kier alpha value is -4.00. The van der Waals surface area contributed by atoms with Crippen LogP contribution in [-0.4, -0.2) is 54.3 Å². The number of aliphatic hydroxyl groups excluding tert-OH is 1. The first-order chi connectivity index (χ1) is 16.8. The lowest BCUT2D eigenvalue weighted by Gasteiger charge is -2.14.